The quantitative estimate of drug-likeness (QED) is 0.363. The molecular weight excluding hydrogens is 400 g/mol. The number of hydrogen-bond donors (Lipinski definition) is 4. The van der Waals surface area contributed by atoms with Crippen LogP contribution in [0.2, 0.25) is 5.02 Å². The Bertz CT molecular complexity index is 1000. The number of halogens is 1. The van der Waals surface area contributed by atoms with Crippen LogP contribution in [-0.4, -0.2) is 30.0 Å². The standard InChI is InChI=1S/C23H27ClN4O2/c24-20-10-5-3-8-16(20)18(19-14-27-21-11-6-4-9-17(19)21)15-28-22(29)12-2-1-7-13-26-23(25)30/h3-6,8-11,14,18,27H,1-2,7,12-13,15H2,(H,28,29)(H3,25,26,30)/t18-/m0/s1. The van der Waals surface area contributed by atoms with Crippen molar-refractivity contribution in [2.45, 2.75) is 31.6 Å². The molecule has 0 aliphatic rings. The molecule has 1 heterocycles. The van der Waals surface area contributed by atoms with Gasteiger partial charge in [-0.1, -0.05) is 54.4 Å². The third kappa shape index (κ3) is 5.76. The number of rotatable bonds is 10. The molecule has 5 N–H and O–H groups in total. The van der Waals surface area contributed by atoms with E-state index >= 15 is 0 Å². The summed E-state index contributed by atoms with van der Waals surface area (Å²) in [7, 11) is 0. The lowest BCUT2D eigenvalue weighted by Crippen LogP contribution is -2.30. The van der Waals surface area contributed by atoms with Gasteiger partial charge < -0.3 is 21.4 Å². The third-order valence-electron chi connectivity index (χ3n) is 5.16. The van der Waals surface area contributed by atoms with E-state index in [1.165, 1.54) is 0 Å². The lowest BCUT2D eigenvalue weighted by atomic mass is 9.90. The van der Waals surface area contributed by atoms with Crippen molar-refractivity contribution in [1.29, 1.82) is 0 Å². The zero-order valence-electron chi connectivity index (χ0n) is 16.8. The van der Waals surface area contributed by atoms with Crippen LogP contribution < -0.4 is 16.4 Å². The van der Waals surface area contributed by atoms with Gasteiger partial charge in [-0.3, -0.25) is 4.79 Å². The number of amides is 3. The molecule has 0 aliphatic heterocycles. The largest absolute Gasteiger partial charge is 0.361 e. The topological polar surface area (TPSA) is 100 Å². The summed E-state index contributed by atoms with van der Waals surface area (Å²) in [6, 6.07) is 15.3. The number of aromatic nitrogens is 1. The summed E-state index contributed by atoms with van der Waals surface area (Å²) in [5, 5.41) is 7.43. The Morgan fingerprint density at radius 3 is 2.53 bits per heavy atom. The molecule has 2 aromatic carbocycles. The van der Waals surface area contributed by atoms with E-state index in [0.717, 1.165) is 41.3 Å². The molecule has 3 amide bonds. The number of nitrogens with two attached hydrogens (primary N) is 1. The fraction of sp³-hybridized carbons (Fsp3) is 0.304. The van der Waals surface area contributed by atoms with Gasteiger partial charge in [-0.2, -0.15) is 0 Å². The first-order valence-corrected chi connectivity index (χ1v) is 10.5. The molecule has 6 nitrogen and oxygen atoms in total. The van der Waals surface area contributed by atoms with Gasteiger partial charge in [0.25, 0.3) is 0 Å². The van der Waals surface area contributed by atoms with Crippen molar-refractivity contribution < 1.29 is 9.59 Å². The summed E-state index contributed by atoms with van der Waals surface area (Å²) >= 11 is 6.50. The van der Waals surface area contributed by atoms with Gasteiger partial charge in [-0.05, 0) is 36.1 Å². The van der Waals surface area contributed by atoms with E-state index in [4.69, 9.17) is 17.3 Å². The molecule has 158 valence electrons. The summed E-state index contributed by atoms with van der Waals surface area (Å²) in [6.07, 6.45) is 4.85. The van der Waals surface area contributed by atoms with E-state index in [9.17, 15) is 9.59 Å². The Balaban J connectivity index is 1.64. The zero-order valence-corrected chi connectivity index (χ0v) is 17.5. The van der Waals surface area contributed by atoms with Crippen LogP contribution in [0.15, 0.2) is 54.7 Å². The van der Waals surface area contributed by atoms with Gasteiger partial charge in [0.1, 0.15) is 0 Å². The van der Waals surface area contributed by atoms with Crippen LogP contribution in [-0.2, 0) is 4.79 Å². The highest BCUT2D eigenvalue weighted by molar-refractivity contribution is 6.31. The predicted octanol–water partition coefficient (Wildman–Crippen LogP) is 4.30. The normalized spacial score (nSPS) is 11.9. The van der Waals surface area contributed by atoms with Crippen LogP contribution in [0.25, 0.3) is 10.9 Å². The number of unbranched alkanes of at least 4 members (excludes halogenated alkanes) is 2. The number of aromatic amines is 1. The Kier molecular flexibility index (Phi) is 7.74. The van der Waals surface area contributed by atoms with E-state index < -0.39 is 6.03 Å². The highest BCUT2D eigenvalue weighted by atomic mass is 35.5. The second-order valence-electron chi connectivity index (χ2n) is 7.27. The average molecular weight is 427 g/mol. The lowest BCUT2D eigenvalue weighted by molar-refractivity contribution is -0.121. The molecule has 3 rings (SSSR count). The molecule has 0 unspecified atom stereocenters. The molecule has 0 fully saturated rings. The molecule has 0 saturated heterocycles. The summed E-state index contributed by atoms with van der Waals surface area (Å²) in [4.78, 5) is 26.4. The Hall–Kier alpha value is -2.99. The van der Waals surface area contributed by atoms with E-state index in [-0.39, 0.29) is 11.8 Å². The first-order valence-electron chi connectivity index (χ1n) is 10.2. The van der Waals surface area contributed by atoms with Crippen molar-refractivity contribution in [3.8, 4) is 0 Å². The number of benzene rings is 2. The van der Waals surface area contributed by atoms with Gasteiger partial charge in [0.2, 0.25) is 5.91 Å². The number of primary amides is 1. The molecule has 1 aromatic heterocycles. The van der Waals surface area contributed by atoms with E-state index in [2.05, 4.69) is 21.7 Å². The highest BCUT2D eigenvalue weighted by Gasteiger charge is 2.21. The van der Waals surface area contributed by atoms with Crippen LogP contribution in [0.5, 0.6) is 0 Å². The predicted molar refractivity (Wildman–Crippen MR) is 121 cm³/mol. The number of urea groups is 1. The second-order valence-corrected chi connectivity index (χ2v) is 7.68. The van der Waals surface area contributed by atoms with Crippen LogP contribution in [0.3, 0.4) is 0 Å². The smallest absolute Gasteiger partial charge is 0.312 e. The van der Waals surface area contributed by atoms with Crippen LogP contribution in [0.1, 0.15) is 42.7 Å². The van der Waals surface area contributed by atoms with Gasteiger partial charge in [0.15, 0.2) is 0 Å². The molecule has 0 saturated carbocycles. The summed E-state index contributed by atoms with van der Waals surface area (Å²) in [5.74, 6) is -0.0479. The zero-order chi connectivity index (χ0) is 21.3. The first kappa shape index (κ1) is 21.7. The maximum atomic E-state index is 12.4. The summed E-state index contributed by atoms with van der Waals surface area (Å²) < 4.78 is 0. The minimum atomic E-state index is -0.518. The molecule has 30 heavy (non-hydrogen) atoms. The van der Waals surface area contributed by atoms with Crippen LogP contribution >= 0.6 is 11.6 Å². The molecule has 0 bridgehead atoms. The van der Waals surface area contributed by atoms with Gasteiger partial charge in [-0.25, -0.2) is 4.79 Å². The van der Waals surface area contributed by atoms with Gasteiger partial charge in [0.05, 0.1) is 0 Å². The Morgan fingerprint density at radius 2 is 1.73 bits per heavy atom. The minimum absolute atomic E-state index is 0.00903. The van der Waals surface area contributed by atoms with E-state index in [1.54, 1.807) is 0 Å². The molecule has 0 aliphatic carbocycles. The monoisotopic (exact) mass is 426 g/mol. The van der Waals surface area contributed by atoms with Crippen molar-refractivity contribution >= 4 is 34.4 Å². The van der Waals surface area contributed by atoms with Crippen LogP contribution in [0, 0.1) is 0 Å². The van der Waals surface area contributed by atoms with Crippen molar-refractivity contribution in [1.82, 2.24) is 15.6 Å². The Morgan fingerprint density at radius 1 is 0.967 bits per heavy atom. The fourth-order valence-electron chi connectivity index (χ4n) is 3.63. The summed E-state index contributed by atoms with van der Waals surface area (Å²) in [6.45, 7) is 1.000. The SMILES string of the molecule is NC(=O)NCCCCCC(=O)NC[C@@H](c1ccccc1Cl)c1c[nH]c2ccccc12. The number of carbonyl (C=O) groups is 2. The van der Waals surface area contributed by atoms with E-state index in [0.29, 0.717) is 24.5 Å². The first-order chi connectivity index (χ1) is 14.6. The van der Waals surface area contributed by atoms with Gasteiger partial charge >= 0.3 is 6.03 Å². The number of H-pyrrole nitrogens is 1. The van der Waals surface area contributed by atoms with Crippen molar-refractivity contribution in [2.75, 3.05) is 13.1 Å². The second kappa shape index (κ2) is 10.7. The summed E-state index contributed by atoms with van der Waals surface area (Å²) in [5.41, 5.74) is 8.18. The molecule has 3 aromatic rings. The molecular formula is C23H27ClN4O2. The van der Waals surface area contributed by atoms with Crippen molar-refractivity contribution in [2.24, 2.45) is 5.73 Å². The Labute approximate surface area is 181 Å². The number of hydrogen-bond acceptors (Lipinski definition) is 2. The number of nitrogens with one attached hydrogen (secondary N) is 3. The van der Waals surface area contributed by atoms with Crippen molar-refractivity contribution in [3.05, 3.63) is 70.9 Å². The van der Waals surface area contributed by atoms with Gasteiger partial charge in [0, 0.05) is 47.6 Å². The number of para-hydroxylation sites is 1. The lowest BCUT2D eigenvalue weighted by Gasteiger charge is -2.19. The van der Waals surface area contributed by atoms with E-state index in [1.807, 2.05) is 48.7 Å². The molecule has 7 heteroatoms. The molecule has 0 radical (unpaired) electrons. The van der Waals surface area contributed by atoms with Crippen LogP contribution in [0.4, 0.5) is 4.79 Å². The number of carbonyl (C=O) groups excluding carboxylic acids is 2. The molecule has 0 spiro atoms. The van der Waals surface area contributed by atoms with Gasteiger partial charge in [-0.15, -0.1) is 0 Å². The van der Waals surface area contributed by atoms with Crippen molar-refractivity contribution in [3.63, 3.8) is 0 Å². The third-order valence-corrected chi connectivity index (χ3v) is 5.50. The maximum Gasteiger partial charge on any atom is 0.312 e. The highest BCUT2D eigenvalue weighted by Crippen LogP contribution is 2.34. The molecule has 1 atom stereocenters. The average Bonchev–Trinajstić information content (AvgIpc) is 3.16. The number of fused-ring (bicyclic) bond motifs is 1. The maximum absolute atomic E-state index is 12.4. The fourth-order valence-corrected chi connectivity index (χ4v) is 3.90. The minimum Gasteiger partial charge on any atom is -0.361 e.